The number of carbonyl (C=O) groups is 2. The first kappa shape index (κ1) is 23.6. The third kappa shape index (κ3) is 5.60. The number of anilines is 1. The van der Waals surface area contributed by atoms with Crippen molar-refractivity contribution < 1.29 is 28.2 Å². The van der Waals surface area contributed by atoms with Crippen LogP contribution in [0.5, 0.6) is 0 Å². The summed E-state index contributed by atoms with van der Waals surface area (Å²) in [5, 5.41) is 0. The zero-order valence-electron chi connectivity index (χ0n) is 19.0. The molecular weight excluding hydrogens is 414 g/mol. The van der Waals surface area contributed by atoms with Gasteiger partial charge < -0.3 is 13.7 Å². The maximum absolute atomic E-state index is 12.8. The number of rotatable bonds is 10. The van der Waals surface area contributed by atoms with Crippen molar-refractivity contribution in [2.75, 3.05) is 11.4 Å². The van der Waals surface area contributed by atoms with E-state index >= 15 is 0 Å². The summed E-state index contributed by atoms with van der Waals surface area (Å²) in [6.45, 7) is 5.97. The molecule has 0 spiro atoms. The first-order chi connectivity index (χ1) is 15.4. The molecule has 0 radical (unpaired) electrons. The van der Waals surface area contributed by atoms with Crippen molar-refractivity contribution in [2.24, 2.45) is 0 Å². The Labute approximate surface area is 187 Å². The van der Waals surface area contributed by atoms with E-state index in [9.17, 15) is 14.4 Å². The highest BCUT2D eigenvalue weighted by molar-refractivity contribution is 5.93. The summed E-state index contributed by atoms with van der Waals surface area (Å²) in [6.07, 6.45) is 9.07. The fraction of sp³-hybridized carbons (Fsp3) is 0.542. The highest BCUT2D eigenvalue weighted by atomic mass is 17.2. The summed E-state index contributed by atoms with van der Waals surface area (Å²) in [7, 11) is 0. The molecule has 1 aliphatic heterocycles. The smallest absolute Gasteiger partial charge is 0.391 e. The molecule has 0 saturated heterocycles. The maximum atomic E-state index is 12.8. The van der Waals surface area contributed by atoms with Crippen LogP contribution in [-0.4, -0.2) is 18.5 Å². The standard InChI is InChI=1S/C24H31NO7/c1-4-6-7-8-9-10-11-12-19-18(23(27)32-31-16(3)26)13-17-14-21-22(30-24(28)29-21)15-20(17)25(19)5-2/h14-15H,4-13H2,1-3H3. The highest BCUT2D eigenvalue weighted by Gasteiger charge is 2.30. The molecule has 0 aliphatic carbocycles. The second-order valence-electron chi connectivity index (χ2n) is 8.05. The molecule has 2 aromatic rings. The SMILES string of the molecule is CCCCCCCCCC1=C(C(=O)OOC(C)=O)Cc2cc3oc(=O)oc3cc2N1CC. The summed E-state index contributed by atoms with van der Waals surface area (Å²) < 4.78 is 10.2. The topological polar surface area (TPSA) is 99.2 Å². The van der Waals surface area contributed by atoms with E-state index in [0.29, 0.717) is 29.7 Å². The van der Waals surface area contributed by atoms with Crippen LogP contribution in [0.2, 0.25) is 0 Å². The second kappa shape index (κ2) is 11.0. The Hall–Kier alpha value is -3.03. The van der Waals surface area contributed by atoms with Crippen molar-refractivity contribution in [3.05, 3.63) is 39.6 Å². The summed E-state index contributed by atoms with van der Waals surface area (Å²) in [5.74, 6) is -2.15. The zero-order chi connectivity index (χ0) is 23.1. The minimum atomic E-state index is -0.767. The van der Waals surface area contributed by atoms with Gasteiger partial charge in [0.25, 0.3) is 0 Å². The van der Waals surface area contributed by atoms with E-state index in [-0.39, 0.29) is 6.42 Å². The molecule has 8 heteroatoms. The lowest BCUT2D eigenvalue weighted by atomic mass is 9.92. The average Bonchev–Trinajstić information content (AvgIpc) is 3.13. The van der Waals surface area contributed by atoms with Gasteiger partial charge in [0.1, 0.15) is 0 Å². The maximum Gasteiger partial charge on any atom is 0.519 e. The van der Waals surface area contributed by atoms with Crippen LogP contribution in [0.15, 0.2) is 37.0 Å². The molecule has 3 rings (SSSR count). The highest BCUT2D eigenvalue weighted by Crippen LogP contribution is 2.38. The van der Waals surface area contributed by atoms with Crippen molar-refractivity contribution >= 4 is 28.8 Å². The third-order valence-electron chi connectivity index (χ3n) is 5.68. The van der Waals surface area contributed by atoms with E-state index in [2.05, 4.69) is 11.8 Å². The molecule has 0 N–H and O–H groups in total. The van der Waals surface area contributed by atoms with Gasteiger partial charge in [-0.15, -0.1) is 0 Å². The number of fused-ring (bicyclic) bond motifs is 2. The number of unbranched alkanes of at least 4 members (excludes halogenated alkanes) is 6. The molecule has 0 fully saturated rings. The van der Waals surface area contributed by atoms with E-state index < -0.39 is 17.8 Å². The summed E-state index contributed by atoms with van der Waals surface area (Å²) in [5.41, 5.74) is 3.66. The number of hydrogen-bond donors (Lipinski definition) is 0. The molecule has 1 aliphatic rings. The van der Waals surface area contributed by atoms with Gasteiger partial charge >= 0.3 is 17.8 Å². The van der Waals surface area contributed by atoms with Crippen LogP contribution in [0.3, 0.4) is 0 Å². The minimum absolute atomic E-state index is 0.280. The van der Waals surface area contributed by atoms with E-state index in [4.69, 9.17) is 13.7 Å². The van der Waals surface area contributed by atoms with Gasteiger partial charge in [-0.25, -0.2) is 24.2 Å². The Bertz CT molecular complexity index is 1050. The summed E-state index contributed by atoms with van der Waals surface area (Å²) in [6, 6.07) is 3.49. The Balaban J connectivity index is 1.85. The molecular formula is C24H31NO7. The largest absolute Gasteiger partial charge is 0.519 e. The molecule has 1 aromatic carbocycles. The third-order valence-corrected chi connectivity index (χ3v) is 5.68. The van der Waals surface area contributed by atoms with Crippen molar-refractivity contribution in [1.82, 2.24) is 0 Å². The van der Waals surface area contributed by atoms with Gasteiger partial charge in [0.05, 0.1) is 5.57 Å². The van der Waals surface area contributed by atoms with Crippen molar-refractivity contribution in [3.8, 4) is 0 Å². The van der Waals surface area contributed by atoms with Crippen molar-refractivity contribution in [3.63, 3.8) is 0 Å². The first-order valence-electron chi connectivity index (χ1n) is 11.4. The summed E-state index contributed by atoms with van der Waals surface area (Å²) >= 11 is 0. The Morgan fingerprint density at radius 3 is 2.28 bits per heavy atom. The Morgan fingerprint density at radius 2 is 1.62 bits per heavy atom. The Morgan fingerprint density at radius 1 is 0.969 bits per heavy atom. The van der Waals surface area contributed by atoms with Crippen molar-refractivity contribution in [2.45, 2.75) is 78.6 Å². The monoisotopic (exact) mass is 445 g/mol. The van der Waals surface area contributed by atoms with Gasteiger partial charge in [-0.3, -0.25) is 0 Å². The first-order valence-corrected chi connectivity index (χ1v) is 11.4. The van der Waals surface area contributed by atoms with Gasteiger partial charge in [0.15, 0.2) is 11.2 Å². The number of benzene rings is 1. The minimum Gasteiger partial charge on any atom is -0.391 e. The lowest BCUT2D eigenvalue weighted by molar-refractivity contribution is -0.254. The quantitative estimate of drug-likeness (QED) is 0.280. The van der Waals surface area contributed by atoms with Crippen LogP contribution in [0, 0.1) is 0 Å². The van der Waals surface area contributed by atoms with E-state index in [1.54, 1.807) is 12.1 Å². The molecule has 8 nitrogen and oxygen atoms in total. The molecule has 1 aromatic heterocycles. The number of nitrogens with zero attached hydrogens (tertiary/aromatic N) is 1. The molecule has 0 amide bonds. The number of allylic oxidation sites excluding steroid dienone is 1. The van der Waals surface area contributed by atoms with Crippen LogP contribution < -0.4 is 10.7 Å². The molecule has 0 saturated carbocycles. The molecule has 174 valence electrons. The van der Waals surface area contributed by atoms with Crippen LogP contribution >= 0.6 is 0 Å². The predicted octanol–water partition coefficient (Wildman–Crippen LogP) is 5.18. The predicted molar refractivity (Wildman–Crippen MR) is 119 cm³/mol. The summed E-state index contributed by atoms with van der Waals surface area (Å²) in [4.78, 5) is 46.7. The van der Waals surface area contributed by atoms with Crippen molar-refractivity contribution in [1.29, 1.82) is 0 Å². The number of carbonyl (C=O) groups excluding carboxylic acids is 2. The van der Waals surface area contributed by atoms with Gasteiger partial charge in [0.2, 0.25) is 0 Å². The fourth-order valence-electron chi connectivity index (χ4n) is 4.18. The molecule has 32 heavy (non-hydrogen) atoms. The number of hydrogen-bond acceptors (Lipinski definition) is 8. The Kier molecular flexibility index (Phi) is 8.14. The molecule has 0 atom stereocenters. The molecule has 0 bridgehead atoms. The van der Waals surface area contributed by atoms with Crippen LogP contribution in [0.4, 0.5) is 5.69 Å². The average molecular weight is 446 g/mol. The molecule has 0 unspecified atom stereocenters. The van der Waals surface area contributed by atoms with Crippen LogP contribution in [0.1, 0.15) is 77.7 Å². The normalized spacial score (nSPS) is 13.4. The second-order valence-corrected chi connectivity index (χ2v) is 8.05. The van der Waals surface area contributed by atoms with Gasteiger partial charge in [-0.2, -0.15) is 0 Å². The lowest BCUT2D eigenvalue weighted by Gasteiger charge is -2.34. The zero-order valence-corrected chi connectivity index (χ0v) is 19.0. The van der Waals surface area contributed by atoms with Gasteiger partial charge in [-0.1, -0.05) is 45.4 Å². The van der Waals surface area contributed by atoms with E-state index in [1.807, 2.05) is 11.8 Å². The van der Waals surface area contributed by atoms with E-state index in [1.165, 1.54) is 32.6 Å². The van der Waals surface area contributed by atoms with Crippen LogP contribution in [-0.2, 0) is 25.8 Å². The van der Waals surface area contributed by atoms with E-state index in [0.717, 1.165) is 36.2 Å². The fourth-order valence-corrected chi connectivity index (χ4v) is 4.18. The van der Waals surface area contributed by atoms with Crippen LogP contribution in [0.25, 0.3) is 11.2 Å². The molecule has 2 heterocycles. The van der Waals surface area contributed by atoms with Gasteiger partial charge in [-0.05, 0) is 31.4 Å². The lowest BCUT2D eigenvalue weighted by Crippen LogP contribution is -2.31. The van der Waals surface area contributed by atoms with Gasteiger partial charge in [0, 0.05) is 37.3 Å².